The van der Waals surface area contributed by atoms with Gasteiger partial charge in [0, 0.05) is 11.1 Å². The molecule has 0 fully saturated rings. The number of allylic oxidation sites excluding steroid dienone is 2. The van der Waals surface area contributed by atoms with Gasteiger partial charge in [0.1, 0.15) is 0 Å². The lowest BCUT2D eigenvalue weighted by atomic mass is 9.95. The number of fused-ring (bicyclic) bond motifs is 1. The second kappa shape index (κ2) is 6.33. The van der Waals surface area contributed by atoms with Crippen LogP contribution in [-0.4, -0.2) is 0 Å². The molecule has 0 spiro atoms. The molecule has 0 aromatic heterocycles. The van der Waals surface area contributed by atoms with Crippen LogP contribution in [0, 0.1) is 11.8 Å². The van der Waals surface area contributed by atoms with Crippen LogP contribution in [-0.2, 0) is 0 Å². The minimum absolute atomic E-state index is 1.04. The first-order valence-corrected chi connectivity index (χ1v) is 7.48. The van der Waals surface area contributed by atoms with Crippen LogP contribution in [0.15, 0.2) is 78.4 Å². The van der Waals surface area contributed by atoms with E-state index in [1.807, 2.05) is 30.3 Å². The zero-order chi connectivity index (χ0) is 15.4. The van der Waals surface area contributed by atoms with E-state index < -0.39 is 0 Å². The molecule has 0 saturated carbocycles. The summed E-state index contributed by atoms with van der Waals surface area (Å²) in [7, 11) is 0. The van der Waals surface area contributed by atoms with E-state index in [9.17, 15) is 0 Å². The summed E-state index contributed by atoms with van der Waals surface area (Å²) in [5.74, 6) is 6.65. The molecule has 0 N–H and O–H groups in total. The van der Waals surface area contributed by atoms with Crippen molar-refractivity contribution in [1.29, 1.82) is 0 Å². The Hall–Kier alpha value is -2.78. The van der Waals surface area contributed by atoms with Gasteiger partial charge in [0.2, 0.25) is 0 Å². The fraction of sp³-hybridized carbons (Fsp3) is 0.0909. The Labute approximate surface area is 132 Å². The summed E-state index contributed by atoms with van der Waals surface area (Å²) in [6, 6.07) is 25.0. The first kappa shape index (κ1) is 14.2. The predicted molar refractivity (Wildman–Crippen MR) is 95.5 cm³/mol. The van der Waals surface area contributed by atoms with Gasteiger partial charge in [-0.25, -0.2) is 0 Å². The van der Waals surface area contributed by atoms with Crippen molar-refractivity contribution in [2.75, 3.05) is 0 Å². The molecule has 0 aliphatic rings. The zero-order valence-corrected chi connectivity index (χ0v) is 12.9. The second-order valence-corrected chi connectivity index (χ2v) is 5.52. The standard InChI is InChI=1S/C22H18/c1-17(2)20(16-15-18-9-4-3-5-10-18)22-14-8-12-19-11-6-7-13-21(19)22/h3-14H,1-2H3. The fourth-order valence-electron chi connectivity index (χ4n) is 2.56. The summed E-state index contributed by atoms with van der Waals surface area (Å²) >= 11 is 0. The quantitative estimate of drug-likeness (QED) is 0.503. The Morgan fingerprint density at radius 2 is 1.41 bits per heavy atom. The fourth-order valence-corrected chi connectivity index (χ4v) is 2.56. The van der Waals surface area contributed by atoms with Gasteiger partial charge in [-0.15, -0.1) is 0 Å². The van der Waals surface area contributed by atoms with E-state index >= 15 is 0 Å². The minimum Gasteiger partial charge on any atom is -0.0622 e. The monoisotopic (exact) mass is 282 g/mol. The van der Waals surface area contributed by atoms with Crippen LogP contribution in [0.5, 0.6) is 0 Å². The summed E-state index contributed by atoms with van der Waals surface area (Å²) in [5, 5.41) is 2.50. The molecule has 0 atom stereocenters. The number of benzene rings is 3. The Kier molecular flexibility index (Phi) is 4.08. The van der Waals surface area contributed by atoms with Gasteiger partial charge >= 0.3 is 0 Å². The molecule has 0 heterocycles. The van der Waals surface area contributed by atoms with E-state index in [0.29, 0.717) is 0 Å². The summed E-state index contributed by atoms with van der Waals surface area (Å²) in [6.07, 6.45) is 0. The Bertz CT molecular complexity index is 878. The first-order chi connectivity index (χ1) is 10.8. The Morgan fingerprint density at radius 1 is 0.727 bits per heavy atom. The maximum Gasteiger partial charge on any atom is 0.0314 e. The zero-order valence-electron chi connectivity index (χ0n) is 12.9. The molecule has 0 aliphatic heterocycles. The number of hydrogen-bond acceptors (Lipinski definition) is 0. The third-order valence-electron chi connectivity index (χ3n) is 3.66. The molecule has 0 heteroatoms. The van der Waals surface area contributed by atoms with Crippen LogP contribution < -0.4 is 0 Å². The lowest BCUT2D eigenvalue weighted by Crippen LogP contribution is -1.87. The summed E-state index contributed by atoms with van der Waals surface area (Å²) < 4.78 is 0. The summed E-state index contributed by atoms with van der Waals surface area (Å²) in [5.41, 5.74) is 4.60. The molecule has 3 aromatic carbocycles. The lowest BCUT2D eigenvalue weighted by molar-refractivity contribution is 1.40. The van der Waals surface area contributed by atoms with Crippen LogP contribution in [0.2, 0.25) is 0 Å². The summed E-state index contributed by atoms with van der Waals surface area (Å²) in [6.45, 7) is 4.24. The average molecular weight is 282 g/mol. The topological polar surface area (TPSA) is 0 Å². The van der Waals surface area contributed by atoms with Gasteiger partial charge in [0.05, 0.1) is 0 Å². The molecule has 0 radical (unpaired) electrons. The van der Waals surface area contributed by atoms with E-state index in [-0.39, 0.29) is 0 Å². The molecule has 0 amide bonds. The lowest BCUT2D eigenvalue weighted by Gasteiger charge is -2.08. The van der Waals surface area contributed by atoms with Crippen LogP contribution in [0.25, 0.3) is 16.3 Å². The molecule has 0 saturated heterocycles. The molecular weight excluding hydrogens is 264 g/mol. The molecule has 0 unspecified atom stereocenters. The normalized spacial score (nSPS) is 9.91. The van der Waals surface area contributed by atoms with Gasteiger partial charge < -0.3 is 0 Å². The second-order valence-electron chi connectivity index (χ2n) is 5.52. The molecule has 0 aliphatic carbocycles. The third-order valence-corrected chi connectivity index (χ3v) is 3.66. The molecular formula is C22H18. The smallest absolute Gasteiger partial charge is 0.0314 e. The van der Waals surface area contributed by atoms with Gasteiger partial charge in [0.15, 0.2) is 0 Å². The molecule has 106 valence electrons. The highest BCUT2D eigenvalue weighted by Crippen LogP contribution is 2.26. The van der Waals surface area contributed by atoms with Gasteiger partial charge in [-0.3, -0.25) is 0 Å². The van der Waals surface area contributed by atoms with E-state index in [1.54, 1.807) is 0 Å². The van der Waals surface area contributed by atoms with Crippen molar-refractivity contribution in [1.82, 2.24) is 0 Å². The van der Waals surface area contributed by atoms with Gasteiger partial charge in [-0.1, -0.05) is 78.1 Å². The average Bonchev–Trinajstić information content (AvgIpc) is 2.56. The van der Waals surface area contributed by atoms with Crippen molar-refractivity contribution in [2.24, 2.45) is 0 Å². The van der Waals surface area contributed by atoms with E-state index in [2.05, 4.69) is 68.2 Å². The molecule has 3 rings (SSSR count). The van der Waals surface area contributed by atoms with Crippen molar-refractivity contribution < 1.29 is 0 Å². The Morgan fingerprint density at radius 3 is 2.18 bits per heavy atom. The number of rotatable bonds is 1. The SMILES string of the molecule is CC(C)=C(C#Cc1ccccc1)c1cccc2ccccc12. The van der Waals surface area contributed by atoms with E-state index in [1.165, 1.54) is 21.9 Å². The minimum atomic E-state index is 1.04. The van der Waals surface area contributed by atoms with Crippen LogP contribution in [0.3, 0.4) is 0 Å². The molecule has 22 heavy (non-hydrogen) atoms. The van der Waals surface area contributed by atoms with Crippen LogP contribution in [0.1, 0.15) is 25.0 Å². The molecule has 0 nitrogen and oxygen atoms in total. The van der Waals surface area contributed by atoms with Crippen molar-refractivity contribution in [2.45, 2.75) is 13.8 Å². The van der Waals surface area contributed by atoms with Crippen molar-refractivity contribution in [3.63, 3.8) is 0 Å². The first-order valence-electron chi connectivity index (χ1n) is 7.48. The highest BCUT2D eigenvalue weighted by atomic mass is 14.1. The predicted octanol–water partition coefficient (Wildman–Crippen LogP) is 5.68. The van der Waals surface area contributed by atoms with Crippen LogP contribution >= 0.6 is 0 Å². The van der Waals surface area contributed by atoms with Crippen LogP contribution in [0.4, 0.5) is 0 Å². The molecule has 3 aromatic rings. The van der Waals surface area contributed by atoms with Crippen molar-refractivity contribution >= 4 is 16.3 Å². The maximum absolute atomic E-state index is 3.37. The number of hydrogen-bond donors (Lipinski definition) is 0. The van der Waals surface area contributed by atoms with Crippen molar-refractivity contribution in [3.05, 3.63) is 89.5 Å². The largest absolute Gasteiger partial charge is 0.0622 e. The van der Waals surface area contributed by atoms with Gasteiger partial charge in [0.25, 0.3) is 0 Å². The van der Waals surface area contributed by atoms with Gasteiger partial charge in [-0.2, -0.15) is 0 Å². The van der Waals surface area contributed by atoms with E-state index in [4.69, 9.17) is 0 Å². The summed E-state index contributed by atoms with van der Waals surface area (Å²) in [4.78, 5) is 0. The molecule has 0 bridgehead atoms. The van der Waals surface area contributed by atoms with E-state index in [0.717, 1.165) is 11.1 Å². The van der Waals surface area contributed by atoms with Gasteiger partial charge in [-0.05, 0) is 42.3 Å². The Balaban J connectivity index is 2.14. The highest BCUT2D eigenvalue weighted by Gasteiger charge is 2.05. The highest BCUT2D eigenvalue weighted by molar-refractivity contribution is 5.98. The maximum atomic E-state index is 3.37. The van der Waals surface area contributed by atoms with Crippen molar-refractivity contribution in [3.8, 4) is 11.8 Å². The third kappa shape index (κ3) is 2.95.